The van der Waals surface area contributed by atoms with Crippen molar-refractivity contribution in [3.05, 3.63) is 29.8 Å². The highest BCUT2D eigenvalue weighted by atomic mass is 16.5. The Kier molecular flexibility index (Phi) is 4.15. The number of carbonyl (C=O) groups excluding carboxylic acids is 1. The predicted molar refractivity (Wildman–Crippen MR) is 67.4 cm³/mol. The summed E-state index contributed by atoms with van der Waals surface area (Å²) < 4.78 is 5.15. The van der Waals surface area contributed by atoms with Crippen LogP contribution >= 0.6 is 0 Å². The Morgan fingerprint density at radius 1 is 1.24 bits per heavy atom. The van der Waals surface area contributed by atoms with Crippen molar-refractivity contribution >= 4 is 6.29 Å². The predicted octanol–water partition coefficient (Wildman–Crippen LogP) is 1.98. The molecule has 0 unspecified atom stereocenters. The molecule has 0 spiro atoms. The van der Waals surface area contributed by atoms with Crippen molar-refractivity contribution < 1.29 is 9.53 Å². The first-order valence-electron chi connectivity index (χ1n) is 6.15. The monoisotopic (exact) mass is 233 g/mol. The molecule has 2 atom stereocenters. The van der Waals surface area contributed by atoms with Gasteiger partial charge in [0.2, 0.25) is 0 Å². The van der Waals surface area contributed by atoms with E-state index in [1.165, 1.54) is 5.56 Å². The minimum Gasteiger partial charge on any atom is -0.497 e. The van der Waals surface area contributed by atoms with Gasteiger partial charge in [-0.2, -0.15) is 0 Å². The molecule has 1 aromatic carbocycles. The molecular formula is C14H19NO2. The number of hydrogen-bond donors (Lipinski definition) is 1. The molecule has 17 heavy (non-hydrogen) atoms. The fraction of sp³-hybridized carbons (Fsp3) is 0.500. The third-order valence-corrected chi connectivity index (χ3v) is 3.52. The van der Waals surface area contributed by atoms with Crippen LogP contribution in [-0.4, -0.2) is 26.5 Å². The second kappa shape index (κ2) is 5.82. The molecule has 2 rings (SSSR count). The van der Waals surface area contributed by atoms with Crippen LogP contribution in [0.5, 0.6) is 5.75 Å². The molecule has 0 bridgehead atoms. The molecule has 3 heteroatoms. The fourth-order valence-electron chi connectivity index (χ4n) is 2.49. The fourth-order valence-corrected chi connectivity index (χ4v) is 2.49. The maximum absolute atomic E-state index is 11.2. The van der Waals surface area contributed by atoms with Gasteiger partial charge in [0.15, 0.2) is 0 Å². The average Bonchev–Trinajstić information content (AvgIpc) is 2.64. The number of aldehydes is 1. The van der Waals surface area contributed by atoms with Crippen LogP contribution in [0.4, 0.5) is 0 Å². The summed E-state index contributed by atoms with van der Waals surface area (Å²) in [4.78, 5) is 11.2. The van der Waals surface area contributed by atoms with Gasteiger partial charge in [-0.3, -0.25) is 0 Å². The second-order valence-corrected chi connectivity index (χ2v) is 4.51. The van der Waals surface area contributed by atoms with E-state index in [9.17, 15) is 4.79 Å². The van der Waals surface area contributed by atoms with Crippen LogP contribution in [0.2, 0.25) is 0 Å². The summed E-state index contributed by atoms with van der Waals surface area (Å²) in [6.07, 6.45) is 3.07. The molecule has 0 amide bonds. The van der Waals surface area contributed by atoms with Crippen molar-refractivity contribution in [1.29, 1.82) is 0 Å². The first-order chi connectivity index (χ1) is 8.35. The van der Waals surface area contributed by atoms with E-state index in [2.05, 4.69) is 17.4 Å². The molecule has 1 heterocycles. The molecule has 0 radical (unpaired) electrons. The second-order valence-electron chi connectivity index (χ2n) is 4.51. The summed E-state index contributed by atoms with van der Waals surface area (Å²) in [6, 6.07) is 8.08. The molecule has 3 nitrogen and oxygen atoms in total. The van der Waals surface area contributed by atoms with E-state index in [4.69, 9.17) is 4.74 Å². The van der Waals surface area contributed by atoms with E-state index in [0.29, 0.717) is 5.92 Å². The normalized spacial score (nSPS) is 25.0. The van der Waals surface area contributed by atoms with Gasteiger partial charge in [0.25, 0.3) is 0 Å². The average molecular weight is 233 g/mol. The molecule has 1 aromatic rings. The number of carbonyl (C=O) groups is 1. The molecule has 1 aliphatic heterocycles. The van der Waals surface area contributed by atoms with Crippen molar-refractivity contribution in [3.8, 4) is 5.75 Å². The van der Waals surface area contributed by atoms with Crippen LogP contribution in [0.1, 0.15) is 24.3 Å². The van der Waals surface area contributed by atoms with Crippen molar-refractivity contribution in [3.63, 3.8) is 0 Å². The number of benzene rings is 1. The van der Waals surface area contributed by atoms with Crippen LogP contribution in [0.3, 0.4) is 0 Å². The Balaban J connectivity index is 2.19. The van der Waals surface area contributed by atoms with Crippen LogP contribution in [0.15, 0.2) is 24.3 Å². The van der Waals surface area contributed by atoms with Gasteiger partial charge >= 0.3 is 0 Å². The number of ether oxygens (including phenoxy) is 1. The molecule has 1 N–H and O–H groups in total. The summed E-state index contributed by atoms with van der Waals surface area (Å²) in [5.41, 5.74) is 1.24. The zero-order valence-corrected chi connectivity index (χ0v) is 10.2. The largest absolute Gasteiger partial charge is 0.497 e. The SMILES string of the molecule is COc1ccc([C@H]2CCNCC[C@@H]2C=O)cc1. The van der Waals surface area contributed by atoms with E-state index < -0.39 is 0 Å². The maximum Gasteiger partial charge on any atom is 0.123 e. The van der Waals surface area contributed by atoms with Gasteiger partial charge < -0.3 is 14.8 Å². The molecule has 1 aliphatic rings. The van der Waals surface area contributed by atoms with Crippen molar-refractivity contribution in [1.82, 2.24) is 5.32 Å². The highest BCUT2D eigenvalue weighted by molar-refractivity contribution is 5.56. The molecule has 1 saturated heterocycles. The quantitative estimate of drug-likeness (QED) is 0.811. The zero-order chi connectivity index (χ0) is 12.1. The Hall–Kier alpha value is -1.35. The lowest BCUT2D eigenvalue weighted by atomic mass is 9.83. The standard InChI is InChI=1S/C14H19NO2/c1-17-13-4-2-11(3-5-13)14-7-9-15-8-6-12(14)10-16/h2-5,10,12,14-15H,6-9H2,1H3/t12-,14-/m1/s1. The first-order valence-corrected chi connectivity index (χ1v) is 6.15. The molecule has 92 valence electrons. The van der Waals surface area contributed by atoms with E-state index in [1.54, 1.807) is 7.11 Å². The Labute approximate surface area is 102 Å². The number of hydrogen-bond acceptors (Lipinski definition) is 3. The van der Waals surface area contributed by atoms with Gasteiger partial charge in [0, 0.05) is 5.92 Å². The molecule has 0 saturated carbocycles. The Morgan fingerprint density at radius 3 is 2.59 bits per heavy atom. The molecule has 0 aliphatic carbocycles. The van der Waals surface area contributed by atoms with Gasteiger partial charge in [-0.25, -0.2) is 0 Å². The Bertz CT molecular complexity index is 361. The zero-order valence-electron chi connectivity index (χ0n) is 10.2. The van der Waals surface area contributed by atoms with Crippen LogP contribution in [-0.2, 0) is 4.79 Å². The van der Waals surface area contributed by atoms with Crippen LogP contribution in [0.25, 0.3) is 0 Å². The lowest BCUT2D eigenvalue weighted by Gasteiger charge is -2.20. The van der Waals surface area contributed by atoms with E-state index in [1.807, 2.05) is 12.1 Å². The van der Waals surface area contributed by atoms with Gasteiger partial charge in [-0.05, 0) is 49.5 Å². The smallest absolute Gasteiger partial charge is 0.123 e. The number of rotatable bonds is 3. The lowest BCUT2D eigenvalue weighted by Crippen LogP contribution is -2.14. The number of nitrogens with one attached hydrogen (secondary N) is 1. The van der Waals surface area contributed by atoms with Crippen LogP contribution in [0, 0.1) is 5.92 Å². The minimum absolute atomic E-state index is 0.137. The maximum atomic E-state index is 11.2. The molecule has 1 fully saturated rings. The molecule has 0 aromatic heterocycles. The highest BCUT2D eigenvalue weighted by Crippen LogP contribution is 2.31. The van der Waals surface area contributed by atoms with Gasteiger partial charge in [-0.15, -0.1) is 0 Å². The summed E-state index contributed by atoms with van der Waals surface area (Å²) in [5, 5.41) is 3.35. The van der Waals surface area contributed by atoms with Crippen molar-refractivity contribution in [2.45, 2.75) is 18.8 Å². The topological polar surface area (TPSA) is 38.3 Å². The van der Waals surface area contributed by atoms with E-state index in [0.717, 1.165) is 38.0 Å². The van der Waals surface area contributed by atoms with Gasteiger partial charge in [0.05, 0.1) is 7.11 Å². The minimum atomic E-state index is 0.137. The van der Waals surface area contributed by atoms with Gasteiger partial charge in [-0.1, -0.05) is 12.1 Å². The van der Waals surface area contributed by atoms with E-state index in [-0.39, 0.29) is 5.92 Å². The first kappa shape index (κ1) is 12.1. The lowest BCUT2D eigenvalue weighted by molar-refractivity contribution is -0.111. The Morgan fingerprint density at radius 2 is 1.94 bits per heavy atom. The third kappa shape index (κ3) is 2.86. The van der Waals surface area contributed by atoms with Crippen molar-refractivity contribution in [2.75, 3.05) is 20.2 Å². The number of methoxy groups -OCH3 is 1. The summed E-state index contributed by atoms with van der Waals surface area (Å²) in [7, 11) is 1.67. The third-order valence-electron chi connectivity index (χ3n) is 3.52. The van der Waals surface area contributed by atoms with E-state index >= 15 is 0 Å². The van der Waals surface area contributed by atoms with Gasteiger partial charge in [0.1, 0.15) is 12.0 Å². The van der Waals surface area contributed by atoms with Crippen LogP contribution < -0.4 is 10.1 Å². The van der Waals surface area contributed by atoms with Crippen molar-refractivity contribution in [2.24, 2.45) is 5.92 Å². The summed E-state index contributed by atoms with van der Waals surface area (Å²) in [6.45, 7) is 1.93. The summed E-state index contributed by atoms with van der Waals surface area (Å²) >= 11 is 0. The summed E-state index contributed by atoms with van der Waals surface area (Å²) in [5.74, 6) is 1.34. The highest BCUT2D eigenvalue weighted by Gasteiger charge is 2.24. The molecular weight excluding hydrogens is 214 g/mol.